The minimum absolute atomic E-state index is 0.790. The molecule has 0 amide bonds. The Labute approximate surface area is 89.8 Å². The van der Waals surface area contributed by atoms with Gasteiger partial charge in [-0.05, 0) is 32.7 Å². The van der Waals surface area contributed by atoms with Crippen LogP contribution in [0.1, 0.15) is 47.7 Å². The predicted octanol–water partition coefficient (Wildman–Crippen LogP) is 2.83. The Hall–Kier alpha value is -0.410. The first-order chi connectivity index (χ1) is 6.81. The Balaban J connectivity index is 1.99. The van der Waals surface area contributed by atoms with Crippen molar-refractivity contribution in [3.8, 4) is 0 Å². The van der Waals surface area contributed by atoms with Crippen molar-refractivity contribution in [1.29, 1.82) is 0 Å². The number of thiazole rings is 1. The Morgan fingerprint density at radius 1 is 1.50 bits per heavy atom. The van der Waals surface area contributed by atoms with Gasteiger partial charge in [-0.25, -0.2) is 4.98 Å². The van der Waals surface area contributed by atoms with Gasteiger partial charge < -0.3 is 5.32 Å². The van der Waals surface area contributed by atoms with Crippen LogP contribution >= 0.6 is 11.3 Å². The molecule has 0 aliphatic heterocycles. The molecule has 1 fully saturated rings. The average molecular weight is 210 g/mol. The third kappa shape index (κ3) is 2.34. The van der Waals surface area contributed by atoms with Crippen molar-refractivity contribution in [2.45, 2.75) is 45.6 Å². The molecular formula is C11H18N2S. The summed E-state index contributed by atoms with van der Waals surface area (Å²) in [7, 11) is 0. The summed E-state index contributed by atoms with van der Waals surface area (Å²) in [6.07, 6.45) is 3.91. The highest BCUT2D eigenvalue weighted by atomic mass is 32.1. The summed E-state index contributed by atoms with van der Waals surface area (Å²) >= 11 is 1.86. The molecule has 1 saturated carbocycles. The van der Waals surface area contributed by atoms with Crippen molar-refractivity contribution in [3.63, 3.8) is 0 Å². The molecule has 2 rings (SSSR count). The van der Waals surface area contributed by atoms with Crippen molar-refractivity contribution in [2.24, 2.45) is 0 Å². The van der Waals surface area contributed by atoms with E-state index in [0.717, 1.165) is 19.0 Å². The van der Waals surface area contributed by atoms with E-state index in [1.807, 2.05) is 11.3 Å². The molecule has 1 aromatic rings. The molecule has 2 nitrogen and oxygen atoms in total. The molecule has 3 heteroatoms. The second-order valence-electron chi connectivity index (χ2n) is 3.99. The molecule has 0 saturated heterocycles. The van der Waals surface area contributed by atoms with Crippen LogP contribution in [0.15, 0.2) is 0 Å². The zero-order valence-electron chi connectivity index (χ0n) is 8.97. The third-order valence-electron chi connectivity index (χ3n) is 2.51. The quantitative estimate of drug-likeness (QED) is 0.756. The zero-order valence-corrected chi connectivity index (χ0v) is 9.78. The molecule has 1 aliphatic rings. The largest absolute Gasteiger partial charge is 0.312 e. The molecule has 0 spiro atoms. The second kappa shape index (κ2) is 4.41. The van der Waals surface area contributed by atoms with Crippen molar-refractivity contribution in [3.05, 3.63) is 15.6 Å². The number of aryl methyl sites for hydroxylation is 1. The summed E-state index contributed by atoms with van der Waals surface area (Å²) in [5, 5.41) is 4.68. The fraction of sp³-hybridized carbons (Fsp3) is 0.727. The summed E-state index contributed by atoms with van der Waals surface area (Å²) in [5.41, 5.74) is 1.39. The fourth-order valence-electron chi connectivity index (χ4n) is 1.67. The highest BCUT2D eigenvalue weighted by molar-refractivity contribution is 7.11. The van der Waals surface area contributed by atoms with Gasteiger partial charge in [0.1, 0.15) is 0 Å². The van der Waals surface area contributed by atoms with E-state index in [4.69, 9.17) is 0 Å². The maximum Gasteiger partial charge on any atom is 0.0900 e. The van der Waals surface area contributed by atoms with Crippen LogP contribution in [0.4, 0.5) is 0 Å². The normalized spacial score (nSPS) is 16.1. The molecule has 0 atom stereocenters. The second-order valence-corrected chi connectivity index (χ2v) is 5.28. The van der Waals surface area contributed by atoms with Gasteiger partial charge in [0.05, 0.1) is 10.7 Å². The molecule has 78 valence electrons. The van der Waals surface area contributed by atoms with E-state index in [0.29, 0.717) is 0 Å². The van der Waals surface area contributed by atoms with Gasteiger partial charge in [-0.15, -0.1) is 11.3 Å². The molecular weight excluding hydrogens is 192 g/mol. The Morgan fingerprint density at radius 3 is 2.93 bits per heavy atom. The lowest BCUT2D eigenvalue weighted by molar-refractivity contribution is 0.676. The van der Waals surface area contributed by atoms with E-state index in [1.165, 1.54) is 34.8 Å². The maximum atomic E-state index is 4.63. The zero-order chi connectivity index (χ0) is 9.97. The van der Waals surface area contributed by atoms with Crippen LogP contribution < -0.4 is 5.32 Å². The first-order valence-electron chi connectivity index (χ1n) is 5.48. The highest BCUT2D eigenvalue weighted by Gasteiger charge is 2.28. The van der Waals surface area contributed by atoms with Gasteiger partial charge in [0.25, 0.3) is 0 Å². The minimum Gasteiger partial charge on any atom is -0.312 e. The third-order valence-corrected chi connectivity index (χ3v) is 3.50. The SMILES string of the molecule is CCCNCc1sc(C)nc1C1CC1. The highest BCUT2D eigenvalue weighted by Crippen LogP contribution is 2.42. The van der Waals surface area contributed by atoms with Crippen LogP contribution in [-0.2, 0) is 6.54 Å². The number of nitrogens with zero attached hydrogens (tertiary/aromatic N) is 1. The van der Waals surface area contributed by atoms with Gasteiger partial charge >= 0.3 is 0 Å². The van der Waals surface area contributed by atoms with Crippen LogP contribution in [-0.4, -0.2) is 11.5 Å². The van der Waals surface area contributed by atoms with E-state index >= 15 is 0 Å². The molecule has 1 aliphatic carbocycles. The Kier molecular flexibility index (Phi) is 3.19. The van der Waals surface area contributed by atoms with Gasteiger partial charge in [0, 0.05) is 17.3 Å². The van der Waals surface area contributed by atoms with E-state index in [9.17, 15) is 0 Å². The fourth-order valence-corrected chi connectivity index (χ4v) is 2.66. The van der Waals surface area contributed by atoms with Gasteiger partial charge in [0.15, 0.2) is 0 Å². The standard InChI is InChI=1S/C11H18N2S/c1-3-6-12-7-10-11(9-4-5-9)13-8(2)14-10/h9,12H,3-7H2,1-2H3. The number of hydrogen-bond donors (Lipinski definition) is 1. The summed E-state index contributed by atoms with van der Waals surface area (Å²) < 4.78 is 0. The molecule has 0 aromatic carbocycles. The topological polar surface area (TPSA) is 24.9 Å². The molecule has 0 unspecified atom stereocenters. The van der Waals surface area contributed by atoms with E-state index in [1.54, 1.807) is 0 Å². The average Bonchev–Trinajstić information content (AvgIpc) is 2.92. The minimum atomic E-state index is 0.790. The lowest BCUT2D eigenvalue weighted by atomic mass is 10.2. The predicted molar refractivity (Wildman–Crippen MR) is 60.8 cm³/mol. The maximum absolute atomic E-state index is 4.63. The van der Waals surface area contributed by atoms with E-state index < -0.39 is 0 Å². The summed E-state index contributed by atoms with van der Waals surface area (Å²) in [4.78, 5) is 6.10. The van der Waals surface area contributed by atoms with Gasteiger partial charge in [0.2, 0.25) is 0 Å². The van der Waals surface area contributed by atoms with Crippen LogP contribution in [0.25, 0.3) is 0 Å². The first kappa shape index (κ1) is 10.1. The number of rotatable bonds is 5. The Bertz CT molecular complexity index is 302. The molecule has 0 radical (unpaired) electrons. The summed E-state index contributed by atoms with van der Waals surface area (Å²) in [6.45, 7) is 6.44. The van der Waals surface area contributed by atoms with E-state index in [2.05, 4.69) is 24.1 Å². The molecule has 1 heterocycles. The first-order valence-corrected chi connectivity index (χ1v) is 6.29. The van der Waals surface area contributed by atoms with Crippen LogP contribution in [0, 0.1) is 6.92 Å². The summed E-state index contributed by atoms with van der Waals surface area (Å²) in [5.74, 6) is 0.790. The van der Waals surface area contributed by atoms with Crippen LogP contribution in [0.3, 0.4) is 0 Å². The lowest BCUT2D eigenvalue weighted by Gasteiger charge is -2.01. The molecule has 1 N–H and O–H groups in total. The van der Waals surface area contributed by atoms with Crippen molar-refractivity contribution in [1.82, 2.24) is 10.3 Å². The number of aromatic nitrogens is 1. The van der Waals surface area contributed by atoms with E-state index in [-0.39, 0.29) is 0 Å². The van der Waals surface area contributed by atoms with Gasteiger partial charge in [-0.3, -0.25) is 0 Å². The van der Waals surface area contributed by atoms with Gasteiger partial charge in [-0.1, -0.05) is 6.92 Å². The summed E-state index contributed by atoms with van der Waals surface area (Å²) in [6, 6.07) is 0. The molecule has 0 bridgehead atoms. The molecule has 14 heavy (non-hydrogen) atoms. The van der Waals surface area contributed by atoms with Crippen molar-refractivity contribution in [2.75, 3.05) is 6.54 Å². The smallest absolute Gasteiger partial charge is 0.0900 e. The number of nitrogens with one attached hydrogen (secondary N) is 1. The van der Waals surface area contributed by atoms with Gasteiger partial charge in [-0.2, -0.15) is 0 Å². The van der Waals surface area contributed by atoms with Crippen LogP contribution in [0.2, 0.25) is 0 Å². The number of hydrogen-bond acceptors (Lipinski definition) is 3. The van der Waals surface area contributed by atoms with Crippen molar-refractivity contribution < 1.29 is 0 Å². The molecule has 1 aromatic heterocycles. The van der Waals surface area contributed by atoms with Crippen LogP contribution in [0.5, 0.6) is 0 Å². The van der Waals surface area contributed by atoms with Crippen molar-refractivity contribution >= 4 is 11.3 Å². The monoisotopic (exact) mass is 210 g/mol. The Morgan fingerprint density at radius 2 is 2.29 bits per heavy atom. The lowest BCUT2D eigenvalue weighted by Crippen LogP contribution is -2.13.